The molecule has 3 nitrogen and oxygen atoms in total. The van der Waals surface area contributed by atoms with Crippen LogP contribution in [0.15, 0.2) is 42.7 Å². The molecule has 1 aromatic heterocycles. The van der Waals surface area contributed by atoms with Crippen LogP contribution in [0, 0.1) is 0 Å². The van der Waals surface area contributed by atoms with Gasteiger partial charge in [0.15, 0.2) is 25.0 Å². The van der Waals surface area contributed by atoms with Crippen molar-refractivity contribution >= 4 is 5.97 Å². The molecule has 3 heteroatoms. The molecule has 1 heterocycles. The minimum Gasteiger partial charge on any atom is -0.452 e. The maximum atomic E-state index is 11.8. The van der Waals surface area contributed by atoms with E-state index in [0.29, 0.717) is 12.1 Å². The number of carbonyl (C=O) groups excluding carboxylic acids is 1. The first-order valence-corrected chi connectivity index (χ1v) is 8.44. The first-order valence-electron chi connectivity index (χ1n) is 8.44. The van der Waals surface area contributed by atoms with Gasteiger partial charge in [0.25, 0.3) is 0 Å². The lowest BCUT2D eigenvalue weighted by atomic mass is 10.1. The van der Waals surface area contributed by atoms with Crippen molar-refractivity contribution in [3.05, 3.63) is 42.7 Å². The van der Waals surface area contributed by atoms with Crippen molar-refractivity contribution in [3.63, 3.8) is 0 Å². The second-order valence-corrected chi connectivity index (χ2v) is 5.94. The molecule has 122 valence electrons. The molecule has 0 aliphatic rings. The van der Waals surface area contributed by atoms with E-state index in [1.54, 1.807) is 6.92 Å². The van der Waals surface area contributed by atoms with Crippen molar-refractivity contribution in [2.45, 2.75) is 71.4 Å². The second kappa shape index (κ2) is 11.0. The minimum atomic E-state index is -0.285. The van der Waals surface area contributed by atoms with Crippen LogP contribution in [0.4, 0.5) is 0 Å². The fraction of sp³-hybridized carbons (Fsp3) is 0.579. The van der Waals surface area contributed by atoms with Gasteiger partial charge in [0, 0.05) is 17.7 Å². The van der Waals surface area contributed by atoms with E-state index in [9.17, 15) is 4.79 Å². The second-order valence-electron chi connectivity index (χ2n) is 5.94. The van der Waals surface area contributed by atoms with Crippen molar-refractivity contribution in [3.8, 4) is 0 Å². The maximum absolute atomic E-state index is 11.8. The highest BCUT2D eigenvalue weighted by Crippen LogP contribution is 2.12. The van der Waals surface area contributed by atoms with Crippen LogP contribution in [0.1, 0.15) is 58.8 Å². The number of hydrogen-bond acceptors (Lipinski definition) is 2. The topological polar surface area (TPSA) is 30.2 Å². The maximum Gasteiger partial charge on any atom is 0.333 e. The van der Waals surface area contributed by atoms with E-state index in [1.807, 2.05) is 30.6 Å². The zero-order valence-corrected chi connectivity index (χ0v) is 14.1. The third-order valence-corrected chi connectivity index (χ3v) is 3.69. The monoisotopic (exact) mass is 304 g/mol. The third kappa shape index (κ3) is 7.96. The van der Waals surface area contributed by atoms with Crippen LogP contribution in [-0.4, -0.2) is 12.1 Å². The van der Waals surface area contributed by atoms with E-state index in [4.69, 9.17) is 4.74 Å². The summed E-state index contributed by atoms with van der Waals surface area (Å²) < 4.78 is 7.65. The van der Waals surface area contributed by atoms with Crippen LogP contribution >= 0.6 is 0 Å². The minimum absolute atomic E-state index is 0.0808. The van der Waals surface area contributed by atoms with Crippen molar-refractivity contribution in [2.75, 3.05) is 0 Å². The van der Waals surface area contributed by atoms with Gasteiger partial charge < -0.3 is 4.74 Å². The summed E-state index contributed by atoms with van der Waals surface area (Å²) in [4.78, 5) is 11.8. The largest absolute Gasteiger partial charge is 0.452 e. The number of hydrogen-bond donors (Lipinski definition) is 0. The number of esters is 1. The number of rotatable bonds is 11. The standard InChI is InChI=1S/C19H30NO2/c1-4-5-6-7-8-10-13-18(22-19(21)17(2)3)16-20-14-11-9-12-15-20/h9,11-12,14-15,18H,2,4-8,10,13,16H2,1,3H3/q+1. The summed E-state index contributed by atoms with van der Waals surface area (Å²) in [7, 11) is 0. The van der Waals surface area contributed by atoms with Gasteiger partial charge in [-0.2, -0.15) is 0 Å². The van der Waals surface area contributed by atoms with Gasteiger partial charge in [0.1, 0.15) is 0 Å². The summed E-state index contributed by atoms with van der Waals surface area (Å²) in [5, 5.41) is 0. The molecule has 22 heavy (non-hydrogen) atoms. The van der Waals surface area contributed by atoms with Crippen molar-refractivity contribution in [1.82, 2.24) is 0 Å². The summed E-state index contributed by atoms with van der Waals surface area (Å²) in [6.07, 6.45) is 12.3. The van der Waals surface area contributed by atoms with Gasteiger partial charge in [-0.1, -0.05) is 51.7 Å². The quantitative estimate of drug-likeness (QED) is 0.265. The van der Waals surface area contributed by atoms with Crippen LogP contribution in [0.2, 0.25) is 0 Å². The Hall–Kier alpha value is -1.64. The first kappa shape index (κ1) is 18.4. The Balaban J connectivity index is 2.44. The Morgan fingerprint density at radius 2 is 1.73 bits per heavy atom. The van der Waals surface area contributed by atoms with Gasteiger partial charge in [-0.3, -0.25) is 0 Å². The van der Waals surface area contributed by atoms with E-state index < -0.39 is 0 Å². The predicted molar refractivity (Wildman–Crippen MR) is 89.3 cm³/mol. The van der Waals surface area contributed by atoms with Gasteiger partial charge in [0.05, 0.1) is 0 Å². The van der Waals surface area contributed by atoms with Crippen LogP contribution in [-0.2, 0) is 16.1 Å². The highest BCUT2D eigenvalue weighted by atomic mass is 16.5. The number of pyridine rings is 1. The van der Waals surface area contributed by atoms with E-state index in [-0.39, 0.29) is 12.1 Å². The van der Waals surface area contributed by atoms with E-state index in [0.717, 1.165) is 12.8 Å². The molecule has 0 saturated carbocycles. The molecule has 0 bridgehead atoms. The molecule has 0 fully saturated rings. The summed E-state index contributed by atoms with van der Waals surface area (Å²) in [6, 6.07) is 5.96. The normalized spacial score (nSPS) is 11.9. The Morgan fingerprint density at radius 3 is 2.36 bits per heavy atom. The number of unbranched alkanes of at least 4 members (excludes halogenated alkanes) is 5. The molecule has 1 rings (SSSR count). The molecule has 0 amide bonds. The zero-order chi connectivity index (χ0) is 16.2. The average Bonchev–Trinajstić information content (AvgIpc) is 2.51. The van der Waals surface area contributed by atoms with Crippen molar-refractivity contribution in [1.29, 1.82) is 0 Å². The fourth-order valence-electron chi connectivity index (χ4n) is 2.38. The van der Waals surface area contributed by atoms with E-state index in [1.165, 1.54) is 32.1 Å². The molecule has 0 radical (unpaired) electrons. The summed E-state index contributed by atoms with van der Waals surface area (Å²) in [5.74, 6) is -0.285. The molecule has 0 aliphatic carbocycles. The van der Waals surface area contributed by atoms with Crippen LogP contribution < -0.4 is 4.57 Å². The van der Waals surface area contributed by atoms with Gasteiger partial charge in [-0.15, -0.1) is 0 Å². The molecule has 0 aromatic carbocycles. The average molecular weight is 304 g/mol. The molecule has 1 atom stereocenters. The Morgan fingerprint density at radius 1 is 1.09 bits per heavy atom. The summed E-state index contributed by atoms with van der Waals surface area (Å²) in [6.45, 7) is 8.29. The number of carbonyl (C=O) groups is 1. The van der Waals surface area contributed by atoms with Crippen LogP contribution in [0.25, 0.3) is 0 Å². The smallest absolute Gasteiger partial charge is 0.333 e. The molecule has 1 aromatic rings. The lowest BCUT2D eigenvalue weighted by Gasteiger charge is -2.15. The Bertz CT molecular complexity index is 442. The van der Waals surface area contributed by atoms with Gasteiger partial charge in [-0.05, 0) is 19.8 Å². The molecular weight excluding hydrogens is 274 g/mol. The highest BCUT2D eigenvalue weighted by molar-refractivity contribution is 5.87. The lowest BCUT2D eigenvalue weighted by Crippen LogP contribution is -2.41. The lowest BCUT2D eigenvalue weighted by molar-refractivity contribution is -0.703. The summed E-state index contributed by atoms with van der Waals surface area (Å²) >= 11 is 0. The molecule has 0 N–H and O–H groups in total. The Labute approximate surface area is 135 Å². The first-order chi connectivity index (χ1) is 10.6. The predicted octanol–water partition coefficient (Wildman–Crippen LogP) is 4.21. The third-order valence-electron chi connectivity index (χ3n) is 3.69. The fourth-order valence-corrected chi connectivity index (χ4v) is 2.38. The number of aromatic nitrogens is 1. The van der Waals surface area contributed by atoms with Gasteiger partial charge >= 0.3 is 5.97 Å². The van der Waals surface area contributed by atoms with Crippen molar-refractivity contribution in [2.24, 2.45) is 0 Å². The molecule has 0 aliphatic heterocycles. The highest BCUT2D eigenvalue weighted by Gasteiger charge is 2.19. The molecular formula is C19H30NO2+. The van der Waals surface area contributed by atoms with E-state index >= 15 is 0 Å². The zero-order valence-electron chi connectivity index (χ0n) is 14.1. The van der Waals surface area contributed by atoms with Crippen LogP contribution in [0.3, 0.4) is 0 Å². The van der Waals surface area contributed by atoms with E-state index in [2.05, 4.69) is 18.1 Å². The molecule has 0 spiro atoms. The van der Waals surface area contributed by atoms with Crippen LogP contribution in [0.5, 0.6) is 0 Å². The molecule has 0 saturated heterocycles. The SMILES string of the molecule is C=C(C)C(=O)OC(CCCCCCCC)C[n+]1ccccc1. The Kier molecular flexibility index (Phi) is 9.20. The summed E-state index contributed by atoms with van der Waals surface area (Å²) in [5.41, 5.74) is 0.464. The van der Waals surface area contributed by atoms with Gasteiger partial charge in [-0.25, -0.2) is 9.36 Å². The van der Waals surface area contributed by atoms with Gasteiger partial charge in [0.2, 0.25) is 0 Å². The van der Waals surface area contributed by atoms with Crippen molar-refractivity contribution < 1.29 is 14.1 Å². The molecule has 1 unspecified atom stereocenters. The number of ether oxygens (including phenoxy) is 1. The number of nitrogens with zero attached hydrogens (tertiary/aromatic N) is 1.